The van der Waals surface area contributed by atoms with Crippen LogP contribution in [0.2, 0.25) is 0 Å². The van der Waals surface area contributed by atoms with Gasteiger partial charge in [0.2, 0.25) is 5.91 Å². The molecule has 1 N–H and O–H groups in total. The van der Waals surface area contributed by atoms with Crippen LogP contribution in [0.25, 0.3) is 0 Å². The molecule has 0 aromatic carbocycles. The predicted molar refractivity (Wildman–Crippen MR) is 68.0 cm³/mol. The molecule has 2 aliphatic rings. The van der Waals surface area contributed by atoms with Crippen LogP contribution in [0.15, 0.2) is 9.62 Å². The highest BCUT2D eigenvalue weighted by Crippen LogP contribution is 2.28. The lowest BCUT2D eigenvalue weighted by Gasteiger charge is -2.30. The summed E-state index contributed by atoms with van der Waals surface area (Å²) in [6.07, 6.45) is -1.71. The second-order valence-electron chi connectivity index (χ2n) is 5.13. The second kappa shape index (κ2) is 5.78. The molecule has 2 amide bonds. The standard InChI is InChI=1S/C12H13F2N5O3/c13-9(14)11-15-10(18-22-11)6-1-3-19(4-2-6)12(21)7-5-8(20)17-16-7/h6,9H,1-5H2,(H,17,20). The molecule has 22 heavy (non-hydrogen) atoms. The molecule has 3 rings (SSSR count). The zero-order valence-electron chi connectivity index (χ0n) is 11.5. The van der Waals surface area contributed by atoms with Gasteiger partial charge in [-0.05, 0) is 12.8 Å². The van der Waals surface area contributed by atoms with E-state index < -0.39 is 12.3 Å². The van der Waals surface area contributed by atoms with Crippen molar-refractivity contribution >= 4 is 17.5 Å². The Bertz CT molecular complexity index is 622. The molecule has 0 unspecified atom stereocenters. The molecule has 10 heteroatoms. The quantitative estimate of drug-likeness (QED) is 0.880. The van der Waals surface area contributed by atoms with Gasteiger partial charge in [0.15, 0.2) is 5.82 Å². The number of hydrazone groups is 1. The topological polar surface area (TPSA) is 101 Å². The van der Waals surface area contributed by atoms with E-state index in [2.05, 4.69) is 25.2 Å². The van der Waals surface area contributed by atoms with E-state index >= 15 is 0 Å². The normalized spacial score (nSPS) is 19.5. The van der Waals surface area contributed by atoms with Crippen molar-refractivity contribution in [3.63, 3.8) is 0 Å². The molecule has 0 radical (unpaired) electrons. The molecule has 8 nitrogen and oxygen atoms in total. The van der Waals surface area contributed by atoms with Crippen LogP contribution in [-0.4, -0.2) is 45.7 Å². The highest BCUT2D eigenvalue weighted by atomic mass is 19.3. The summed E-state index contributed by atoms with van der Waals surface area (Å²) in [6, 6.07) is 0. The maximum Gasteiger partial charge on any atom is 0.315 e. The van der Waals surface area contributed by atoms with Crippen molar-refractivity contribution in [2.24, 2.45) is 5.10 Å². The molecule has 1 aromatic heterocycles. The van der Waals surface area contributed by atoms with Crippen molar-refractivity contribution in [1.29, 1.82) is 0 Å². The van der Waals surface area contributed by atoms with Crippen LogP contribution in [0, 0.1) is 0 Å². The largest absolute Gasteiger partial charge is 0.337 e. The van der Waals surface area contributed by atoms with Crippen LogP contribution in [0.5, 0.6) is 0 Å². The molecule has 1 fully saturated rings. The van der Waals surface area contributed by atoms with Crippen LogP contribution in [0.4, 0.5) is 8.78 Å². The number of nitrogens with zero attached hydrogens (tertiary/aromatic N) is 4. The molecule has 0 bridgehead atoms. The van der Waals surface area contributed by atoms with Crippen molar-refractivity contribution in [2.75, 3.05) is 13.1 Å². The van der Waals surface area contributed by atoms with Gasteiger partial charge in [0.25, 0.3) is 11.8 Å². The first kappa shape index (κ1) is 14.5. The molecule has 0 atom stereocenters. The van der Waals surface area contributed by atoms with E-state index in [9.17, 15) is 18.4 Å². The molecule has 1 saturated heterocycles. The van der Waals surface area contributed by atoms with E-state index in [1.807, 2.05) is 0 Å². The van der Waals surface area contributed by atoms with Crippen LogP contribution >= 0.6 is 0 Å². The lowest BCUT2D eigenvalue weighted by atomic mass is 9.96. The molecule has 0 spiro atoms. The van der Waals surface area contributed by atoms with Crippen LogP contribution < -0.4 is 5.43 Å². The number of carbonyl (C=O) groups excluding carboxylic acids is 2. The van der Waals surface area contributed by atoms with Gasteiger partial charge in [0.05, 0.1) is 6.42 Å². The lowest BCUT2D eigenvalue weighted by molar-refractivity contribution is -0.125. The van der Waals surface area contributed by atoms with Gasteiger partial charge >= 0.3 is 6.43 Å². The molecule has 0 aliphatic carbocycles. The summed E-state index contributed by atoms with van der Waals surface area (Å²) in [5.41, 5.74) is 2.43. The molecule has 118 valence electrons. The van der Waals surface area contributed by atoms with E-state index in [0.29, 0.717) is 25.9 Å². The number of rotatable bonds is 3. The lowest BCUT2D eigenvalue weighted by Crippen LogP contribution is -2.41. The third-order valence-electron chi connectivity index (χ3n) is 3.68. The number of alkyl halides is 2. The van der Waals surface area contributed by atoms with Crippen molar-refractivity contribution in [2.45, 2.75) is 31.6 Å². The van der Waals surface area contributed by atoms with Gasteiger partial charge < -0.3 is 9.42 Å². The Balaban J connectivity index is 1.58. The molecular formula is C12H13F2N5O3. The Morgan fingerprint density at radius 3 is 2.64 bits per heavy atom. The molecular weight excluding hydrogens is 300 g/mol. The fraction of sp³-hybridized carbons (Fsp3) is 0.583. The van der Waals surface area contributed by atoms with Crippen LogP contribution in [0.3, 0.4) is 0 Å². The smallest absolute Gasteiger partial charge is 0.315 e. The highest BCUT2D eigenvalue weighted by molar-refractivity contribution is 6.43. The van der Waals surface area contributed by atoms with Gasteiger partial charge in [-0.2, -0.15) is 18.9 Å². The molecule has 2 aliphatic heterocycles. The zero-order chi connectivity index (χ0) is 15.7. The van der Waals surface area contributed by atoms with Gasteiger partial charge in [0, 0.05) is 19.0 Å². The Morgan fingerprint density at radius 1 is 1.36 bits per heavy atom. The van der Waals surface area contributed by atoms with E-state index in [0.717, 1.165) is 0 Å². The van der Waals surface area contributed by atoms with Crippen molar-refractivity contribution in [3.05, 3.63) is 11.7 Å². The number of hydrogen-bond donors (Lipinski definition) is 1. The number of piperidine rings is 1. The number of nitrogens with one attached hydrogen (secondary N) is 1. The summed E-state index contributed by atoms with van der Waals surface area (Å²) in [5.74, 6) is -1.14. The minimum Gasteiger partial charge on any atom is -0.337 e. The third kappa shape index (κ3) is 2.81. The first-order valence-corrected chi connectivity index (χ1v) is 6.81. The first-order chi connectivity index (χ1) is 10.5. The van der Waals surface area contributed by atoms with Gasteiger partial charge in [-0.15, -0.1) is 0 Å². The Kier molecular flexibility index (Phi) is 3.82. The predicted octanol–water partition coefficient (Wildman–Crippen LogP) is 0.589. The fourth-order valence-electron chi connectivity index (χ4n) is 2.51. The Morgan fingerprint density at radius 2 is 2.09 bits per heavy atom. The average molecular weight is 313 g/mol. The molecule has 1 aromatic rings. The highest BCUT2D eigenvalue weighted by Gasteiger charge is 2.31. The maximum absolute atomic E-state index is 12.4. The fourth-order valence-corrected chi connectivity index (χ4v) is 2.51. The number of halogens is 2. The summed E-state index contributed by atoms with van der Waals surface area (Å²) in [6.45, 7) is 0.852. The second-order valence-corrected chi connectivity index (χ2v) is 5.13. The SMILES string of the molecule is O=C1CC(C(=O)N2CCC(c3noc(C(F)F)n3)CC2)=NN1. The first-order valence-electron chi connectivity index (χ1n) is 6.81. The average Bonchev–Trinajstić information content (AvgIpc) is 3.16. The van der Waals surface area contributed by atoms with Gasteiger partial charge in [-0.3, -0.25) is 9.59 Å². The van der Waals surface area contributed by atoms with E-state index in [-0.39, 0.29) is 35.7 Å². The zero-order valence-corrected chi connectivity index (χ0v) is 11.5. The van der Waals surface area contributed by atoms with Crippen molar-refractivity contribution in [1.82, 2.24) is 20.5 Å². The minimum absolute atomic E-state index is 0.0125. The van der Waals surface area contributed by atoms with Crippen LogP contribution in [0.1, 0.15) is 43.3 Å². The van der Waals surface area contributed by atoms with Crippen molar-refractivity contribution in [3.8, 4) is 0 Å². The third-order valence-corrected chi connectivity index (χ3v) is 3.68. The molecule has 3 heterocycles. The van der Waals surface area contributed by atoms with Gasteiger partial charge in [0.1, 0.15) is 5.71 Å². The van der Waals surface area contributed by atoms with Crippen LogP contribution in [-0.2, 0) is 9.59 Å². The Hall–Kier alpha value is -2.39. The summed E-state index contributed by atoms with van der Waals surface area (Å²) in [4.78, 5) is 28.5. The summed E-state index contributed by atoms with van der Waals surface area (Å²) >= 11 is 0. The summed E-state index contributed by atoms with van der Waals surface area (Å²) in [7, 11) is 0. The number of amides is 2. The van der Waals surface area contributed by atoms with E-state index in [4.69, 9.17) is 0 Å². The monoisotopic (exact) mass is 313 g/mol. The van der Waals surface area contributed by atoms with E-state index in [1.165, 1.54) is 0 Å². The number of likely N-dealkylation sites (tertiary alicyclic amines) is 1. The molecule has 0 saturated carbocycles. The summed E-state index contributed by atoms with van der Waals surface area (Å²) < 4.78 is 29.3. The van der Waals surface area contributed by atoms with Gasteiger partial charge in [-0.25, -0.2) is 5.43 Å². The van der Waals surface area contributed by atoms with E-state index in [1.54, 1.807) is 4.90 Å². The summed E-state index contributed by atoms with van der Waals surface area (Å²) in [5, 5.41) is 7.27. The number of carbonyl (C=O) groups is 2. The van der Waals surface area contributed by atoms with Gasteiger partial charge in [-0.1, -0.05) is 5.16 Å². The number of hydrogen-bond acceptors (Lipinski definition) is 6. The maximum atomic E-state index is 12.4. The van der Waals surface area contributed by atoms with Crippen molar-refractivity contribution < 1.29 is 22.9 Å². The number of aromatic nitrogens is 2. The minimum atomic E-state index is -2.78. The Labute approximate surface area is 123 Å².